The number of morpholine rings is 2. The molecule has 4 heterocycles. The van der Waals surface area contributed by atoms with Crippen molar-refractivity contribution < 1.29 is 23.9 Å². The Morgan fingerprint density at radius 3 is 2.45 bits per heavy atom. The third-order valence-corrected chi connectivity index (χ3v) is 5.39. The SMILES string of the molecule is O=[N+]([O-])c1cc(/C=N\Nc2cc(N3CCOCC3)nc(N3CCOCC3)n2)cc2c1OCO2. The summed E-state index contributed by atoms with van der Waals surface area (Å²) < 4.78 is 21.4. The average Bonchev–Trinajstić information content (AvgIpc) is 3.33. The topological polar surface area (TPSA) is 137 Å². The first-order valence-corrected chi connectivity index (χ1v) is 10.6. The highest BCUT2D eigenvalue weighted by Crippen LogP contribution is 2.41. The van der Waals surface area contributed by atoms with Crippen molar-refractivity contribution in [2.45, 2.75) is 0 Å². The van der Waals surface area contributed by atoms with E-state index >= 15 is 0 Å². The van der Waals surface area contributed by atoms with Gasteiger partial charge in [-0.1, -0.05) is 0 Å². The minimum absolute atomic E-state index is 0.0510. The summed E-state index contributed by atoms with van der Waals surface area (Å²) in [7, 11) is 0. The van der Waals surface area contributed by atoms with Gasteiger partial charge in [0.15, 0.2) is 11.6 Å². The first kappa shape index (κ1) is 21.2. The molecule has 2 aromatic rings. The summed E-state index contributed by atoms with van der Waals surface area (Å²) in [4.78, 5) is 24.4. The van der Waals surface area contributed by atoms with Crippen molar-refractivity contribution in [1.29, 1.82) is 0 Å². The van der Waals surface area contributed by atoms with Crippen molar-refractivity contribution in [1.82, 2.24) is 9.97 Å². The molecule has 3 aliphatic heterocycles. The molecule has 0 saturated carbocycles. The van der Waals surface area contributed by atoms with Gasteiger partial charge < -0.3 is 28.7 Å². The second-order valence-corrected chi connectivity index (χ2v) is 7.51. The van der Waals surface area contributed by atoms with Gasteiger partial charge in [-0.25, -0.2) is 0 Å². The molecule has 1 aromatic heterocycles. The number of hydrogen-bond donors (Lipinski definition) is 1. The van der Waals surface area contributed by atoms with Crippen molar-refractivity contribution in [2.24, 2.45) is 5.10 Å². The minimum Gasteiger partial charge on any atom is -0.453 e. The highest BCUT2D eigenvalue weighted by Gasteiger charge is 2.26. The van der Waals surface area contributed by atoms with Crippen LogP contribution in [-0.4, -0.2) is 80.5 Å². The van der Waals surface area contributed by atoms with Gasteiger partial charge in [-0.05, 0) is 6.07 Å². The Bertz CT molecular complexity index is 1020. The van der Waals surface area contributed by atoms with Crippen LogP contribution in [0.15, 0.2) is 23.3 Å². The van der Waals surface area contributed by atoms with Crippen molar-refractivity contribution >= 4 is 29.5 Å². The quantitative estimate of drug-likeness (QED) is 0.381. The lowest BCUT2D eigenvalue weighted by Gasteiger charge is -2.31. The fourth-order valence-corrected chi connectivity index (χ4v) is 3.73. The van der Waals surface area contributed by atoms with E-state index in [4.69, 9.17) is 23.9 Å². The number of rotatable bonds is 6. The summed E-state index contributed by atoms with van der Waals surface area (Å²) >= 11 is 0. The van der Waals surface area contributed by atoms with E-state index in [2.05, 4.69) is 25.3 Å². The second kappa shape index (κ2) is 9.42. The zero-order valence-corrected chi connectivity index (χ0v) is 17.8. The molecule has 0 atom stereocenters. The van der Waals surface area contributed by atoms with Gasteiger partial charge >= 0.3 is 5.69 Å². The summed E-state index contributed by atoms with van der Waals surface area (Å²) in [5.74, 6) is 2.34. The Balaban J connectivity index is 1.38. The van der Waals surface area contributed by atoms with E-state index in [9.17, 15) is 10.1 Å². The molecule has 0 aliphatic carbocycles. The number of hydrogen-bond acceptors (Lipinski definition) is 12. The molecule has 0 bridgehead atoms. The minimum atomic E-state index is -0.508. The van der Waals surface area contributed by atoms with Gasteiger partial charge in [-0.2, -0.15) is 15.1 Å². The molecular weight excluding hydrogens is 434 g/mol. The van der Waals surface area contributed by atoms with E-state index in [0.29, 0.717) is 62.6 Å². The first-order valence-electron chi connectivity index (χ1n) is 10.6. The number of fused-ring (bicyclic) bond motifs is 1. The lowest BCUT2D eigenvalue weighted by molar-refractivity contribution is -0.385. The normalized spacial score (nSPS) is 18.1. The maximum Gasteiger partial charge on any atom is 0.315 e. The van der Waals surface area contributed by atoms with E-state index in [1.165, 1.54) is 12.3 Å². The Morgan fingerprint density at radius 1 is 1.00 bits per heavy atom. The second-order valence-electron chi connectivity index (χ2n) is 7.51. The van der Waals surface area contributed by atoms with Crippen LogP contribution in [0.1, 0.15) is 5.56 Å². The summed E-state index contributed by atoms with van der Waals surface area (Å²) in [5.41, 5.74) is 3.26. The van der Waals surface area contributed by atoms with E-state index in [0.717, 1.165) is 18.9 Å². The number of nitro benzene ring substituents is 1. The fourth-order valence-electron chi connectivity index (χ4n) is 3.73. The number of nitro groups is 1. The van der Waals surface area contributed by atoms with E-state index in [1.807, 2.05) is 6.07 Å². The lowest BCUT2D eigenvalue weighted by Crippen LogP contribution is -2.39. The van der Waals surface area contributed by atoms with Crippen LogP contribution in [0.25, 0.3) is 0 Å². The van der Waals surface area contributed by atoms with Crippen molar-refractivity contribution in [3.8, 4) is 11.5 Å². The maximum absolute atomic E-state index is 11.3. The third-order valence-electron chi connectivity index (χ3n) is 5.39. The highest BCUT2D eigenvalue weighted by atomic mass is 16.7. The van der Waals surface area contributed by atoms with Gasteiger partial charge in [0.2, 0.25) is 18.5 Å². The van der Waals surface area contributed by atoms with Crippen molar-refractivity contribution in [3.05, 3.63) is 33.9 Å². The standard InChI is InChI=1S/C20H23N7O6/c28-27(29)15-9-14(10-16-19(15)33-13-32-16)12-21-24-17-11-18(25-1-5-30-6-2-25)23-20(22-17)26-3-7-31-8-4-26/h9-12H,1-8,13H2,(H,22,23,24)/b21-12-. The number of ether oxygens (including phenoxy) is 4. The zero-order valence-electron chi connectivity index (χ0n) is 17.8. The lowest BCUT2D eigenvalue weighted by atomic mass is 10.2. The Hall–Kier alpha value is -3.71. The van der Waals surface area contributed by atoms with Crippen LogP contribution in [0, 0.1) is 10.1 Å². The molecule has 0 amide bonds. The molecule has 0 radical (unpaired) electrons. The van der Waals surface area contributed by atoms with Crippen LogP contribution in [0.3, 0.4) is 0 Å². The smallest absolute Gasteiger partial charge is 0.315 e. The van der Waals surface area contributed by atoms with E-state index < -0.39 is 4.92 Å². The molecule has 3 aliphatic rings. The fraction of sp³-hybridized carbons (Fsp3) is 0.450. The average molecular weight is 457 g/mol. The van der Waals surface area contributed by atoms with E-state index in [1.54, 1.807) is 6.07 Å². The molecular formula is C20H23N7O6. The largest absolute Gasteiger partial charge is 0.453 e. The monoisotopic (exact) mass is 457 g/mol. The molecule has 2 saturated heterocycles. The summed E-state index contributed by atoms with van der Waals surface area (Å²) in [6.07, 6.45) is 1.47. The molecule has 174 valence electrons. The van der Waals surface area contributed by atoms with Crippen molar-refractivity contribution in [2.75, 3.05) is 74.6 Å². The number of anilines is 3. The Kier molecular flexibility index (Phi) is 6.04. The Morgan fingerprint density at radius 2 is 1.73 bits per heavy atom. The number of nitrogens with zero attached hydrogens (tertiary/aromatic N) is 6. The van der Waals surface area contributed by atoms with Crippen molar-refractivity contribution in [3.63, 3.8) is 0 Å². The first-order chi connectivity index (χ1) is 16.2. The highest BCUT2D eigenvalue weighted by molar-refractivity contribution is 5.84. The van der Waals surface area contributed by atoms with Crippen LogP contribution in [0.4, 0.5) is 23.3 Å². The molecule has 0 unspecified atom stereocenters. The number of nitrogens with one attached hydrogen (secondary N) is 1. The predicted molar refractivity (Wildman–Crippen MR) is 119 cm³/mol. The molecule has 13 nitrogen and oxygen atoms in total. The molecule has 13 heteroatoms. The zero-order chi connectivity index (χ0) is 22.6. The van der Waals surface area contributed by atoms with E-state index in [-0.39, 0.29) is 18.2 Å². The van der Waals surface area contributed by atoms with Crippen LogP contribution in [0.2, 0.25) is 0 Å². The molecule has 1 aromatic carbocycles. The van der Waals surface area contributed by atoms with Gasteiger partial charge in [0.05, 0.1) is 37.6 Å². The number of benzene rings is 1. The summed E-state index contributed by atoms with van der Waals surface area (Å²) in [6, 6.07) is 4.85. The van der Waals surface area contributed by atoms with Crippen LogP contribution < -0.4 is 24.7 Å². The molecule has 33 heavy (non-hydrogen) atoms. The summed E-state index contributed by atoms with van der Waals surface area (Å²) in [5, 5.41) is 15.6. The van der Waals surface area contributed by atoms with Crippen LogP contribution >= 0.6 is 0 Å². The van der Waals surface area contributed by atoms with Gasteiger partial charge in [0.1, 0.15) is 5.82 Å². The van der Waals surface area contributed by atoms with Gasteiger partial charge in [0.25, 0.3) is 0 Å². The van der Waals surface area contributed by atoms with Crippen LogP contribution in [-0.2, 0) is 9.47 Å². The molecule has 5 rings (SSSR count). The Labute approximate surface area is 189 Å². The molecule has 2 fully saturated rings. The molecule has 1 N–H and O–H groups in total. The van der Waals surface area contributed by atoms with Crippen LogP contribution in [0.5, 0.6) is 11.5 Å². The van der Waals surface area contributed by atoms with Gasteiger partial charge in [-0.15, -0.1) is 0 Å². The maximum atomic E-state index is 11.3. The van der Waals surface area contributed by atoms with Gasteiger partial charge in [-0.3, -0.25) is 15.5 Å². The predicted octanol–water partition coefficient (Wildman–Crippen LogP) is 1.23. The number of aromatic nitrogens is 2. The summed E-state index contributed by atoms with van der Waals surface area (Å²) in [6.45, 7) is 5.36. The molecule has 0 spiro atoms. The number of hydrazone groups is 1. The third kappa shape index (κ3) is 4.73. The van der Waals surface area contributed by atoms with Gasteiger partial charge in [0, 0.05) is 43.9 Å².